The fourth-order valence-corrected chi connectivity index (χ4v) is 4.26. The van der Waals surface area contributed by atoms with Crippen molar-refractivity contribution < 1.29 is 19.4 Å². The first-order valence-corrected chi connectivity index (χ1v) is 14.5. The van der Waals surface area contributed by atoms with Crippen LogP contribution in [0.1, 0.15) is 110 Å². The summed E-state index contributed by atoms with van der Waals surface area (Å²) in [4.78, 5) is 24.0. The maximum absolute atomic E-state index is 12.0. The predicted molar refractivity (Wildman–Crippen MR) is 154 cm³/mol. The van der Waals surface area contributed by atoms with Crippen molar-refractivity contribution in [3.05, 3.63) is 48.5 Å². The van der Waals surface area contributed by atoms with Crippen molar-refractivity contribution in [1.29, 1.82) is 0 Å². The summed E-state index contributed by atoms with van der Waals surface area (Å²) in [6.07, 6.45) is 19.7. The SMILES string of the molecule is CCCCCCCCCCCCCCCCCC(=O)NNC(=O)Nc1ccc(Oc2ccc(O)cc2)cc1. The Morgan fingerprint density at radius 2 is 1.08 bits per heavy atom. The molecule has 0 unspecified atom stereocenters. The Morgan fingerprint density at radius 3 is 1.58 bits per heavy atom. The number of phenols is 1. The van der Waals surface area contributed by atoms with Gasteiger partial charge in [0, 0.05) is 12.1 Å². The number of hydrogen-bond donors (Lipinski definition) is 4. The normalized spacial score (nSPS) is 10.7. The molecule has 0 bridgehead atoms. The summed E-state index contributed by atoms with van der Waals surface area (Å²) in [7, 11) is 0. The van der Waals surface area contributed by atoms with E-state index in [-0.39, 0.29) is 11.7 Å². The van der Waals surface area contributed by atoms with Gasteiger partial charge in [-0.05, 0) is 55.0 Å². The molecule has 3 amide bonds. The fourth-order valence-electron chi connectivity index (χ4n) is 4.26. The smallest absolute Gasteiger partial charge is 0.337 e. The summed E-state index contributed by atoms with van der Waals surface area (Å²) in [5.74, 6) is 1.17. The van der Waals surface area contributed by atoms with Gasteiger partial charge in [-0.2, -0.15) is 0 Å². The van der Waals surface area contributed by atoms with Crippen LogP contribution in [0, 0.1) is 0 Å². The zero-order valence-electron chi connectivity index (χ0n) is 23.1. The third-order valence-electron chi connectivity index (χ3n) is 6.51. The topological polar surface area (TPSA) is 99.7 Å². The largest absolute Gasteiger partial charge is 0.508 e. The Bertz CT molecular complexity index is 900. The number of rotatable bonds is 19. The summed E-state index contributed by atoms with van der Waals surface area (Å²) in [6.45, 7) is 2.26. The number of ether oxygens (including phenoxy) is 1. The van der Waals surface area contributed by atoms with Gasteiger partial charge in [-0.3, -0.25) is 10.2 Å². The van der Waals surface area contributed by atoms with Crippen molar-refractivity contribution in [2.24, 2.45) is 0 Å². The van der Waals surface area contributed by atoms with Crippen molar-refractivity contribution in [2.75, 3.05) is 5.32 Å². The minimum atomic E-state index is -0.512. The molecular weight excluding hydrogens is 478 g/mol. The Morgan fingerprint density at radius 1 is 0.632 bits per heavy atom. The number of carbonyl (C=O) groups excluding carboxylic acids is 2. The van der Waals surface area contributed by atoms with Crippen LogP contribution in [0.2, 0.25) is 0 Å². The first-order valence-electron chi connectivity index (χ1n) is 14.5. The Balaban J connectivity index is 1.42. The molecule has 0 aliphatic carbocycles. The van der Waals surface area contributed by atoms with Crippen molar-refractivity contribution in [1.82, 2.24) is 10.9 Å². The molecule has 7 heteroatoms. The number of unbranched alkanes of at least 4 members (excludes halogenated alkanes) is 14. The van der Waals surface area contributed by atoms with E-state index in [4.69, 9.17) is 4.74 Å². The molecule has 0 spiro atoms. The highest BCUT2D eigenvalue weighted by molar-refractivity contribution is 5.90. The van der Waals surface area contributed by atoms with E-state index in [1.165, 1.54) is 77.0 Å². The Hall–Kier alpha value is -3.22. The molecule has 2 rings (SSSR count). The maximum atomic E-state index is 12.0. The summed E-state index contributed by atoms with van der Waals surface area (Å²) in [5.41, 5.74) is 5.41. The van der Waals surface area contributed by atoms with Crippen LogP contribution in [0.25, 0.3) is 0 Å². The van der Waals surface area contributed by atoms with Crippen LogP contribution in [-0.4, -0.2) is 17.0 Å². The van der Waals surface area contributed by atoms with E-state index in [1.54, 1.807) is 48.5 Å². The highest BCUT2D eigenvalue weighted by Crippen LogP contribution is 2.24. The maximum Gasteiger partial charge on any atom is 0.337 e. The van der Waals surface area contributed by atoms with Gasteiger partial charge in [-0.25, -0.2) is 10.2 Å². The first-order chi connectivity index (χ1) is 18.6. The van der Waals surface area contributed by atoms with Gasteiger partial charge in [0.2, 0.25) is 5.91 Å². The summed E-state index contributed by atoms with van der Waals surface area (Å²) >= 11 is 0. The lowest BCUT2D eigenvalue weighted by atomic mass is 10.0. The number of aromatic hydroxyl groups is 1. The molecule has 0 fully saturated rings. The zero-order chi connectivity index (χ0) is 27.3. The number of hydrazine groups is 1. The van der Waals surface area contributed by atoms with Crippen molar-refractivity contribution in [3.63, 3.8) is 0 Å². The van der Waals surface area contributed by atoms with Gasteiger partial charge < -0.3 is 15.2 Å². The van der Waals surface area contributed by atoms with Gasteiger partial charge in [0.15, 0.2) is 0 Å². The number of anilines is 1. The van der Waals surface area contributed by atoms with Gasteiger partial charge >= 0.3 is 6.03 Å². The molecule has 38 heavy (non-hydrogen) atoms. The molecule has 0 radical (unpaired) electrons. The highest BCUT2D eigenvalue weighted by atomic mass is 16.5. The number of benzene rings is 2. The molecule has 0 heterocycles. The summed E-state index contributed by atoms with van der Waals surface area (Å²) in [5, 5.41) is 12.0. The van der Waals surface area contributed by atoms with Gasteiger partial charge in [0.1, 0.15) is 17.2 Å². The van der Waals surface area contributed by atoms with E-state index < -0.39 is 6.03 Å². The number of hydrogen-bond acceptors (Lipinski definition) is 4. The van der Waals surface area contributed by atoms with E-state index in [9.17, 15) is 14.7 Å². The zero-order valence-corrected chi connectivity index (χ0v) is 23.1. The third kappa shape index (κ3) is 15.1. The van der Waals surface area contributed by atoms with Gasteiger partial charge in [-0.15, -0.1) is 0 Å². The van der Waals surface area contributed by atoms with Gasteiger partial charge in [-0.1, -0.05) is 96.8 Å². The molecule has 0 aliphatic rings. The van der Waals surface area contributed by atoms with E-state index >= 15 is 0 Å². The quantitative estimate of drug-likeness (QED) is 0.109. The van der Waals surface area contributed by atoms with Crippen LogP contribution in [0.4, 0.5) is 10.5 Å². The molecule has 0 aliphatic heterocycles. The van der Waals surface area contributed by atoms with Crippen LogP contribution < -0.4 is 20.9 Å². The Labute approximate surface area is 228 Å². The lowest BCUT2D eigenvalue weighted by Gasteiger charge is -2.10. The number of carbonyl (C=O) groups is 2. The fraction of sp³-hybridized carbons (Fsp3) is 0.548. The van der Waals surface area contributed by atoms with E-state index in [1.807, 2.05) is 0 Å². The van der Waals surface area contributed by atoms with Gasteiger partial charge in [0.05, 0.1) is 0 Å². The highest BCUT2D eigenvalue weighted by Gasteiger charge is 2.06. The number of nitrogens with one attached hydrogen (secondary N) is 3. The van der Waals surface area contributed by atoms with Gasteiger partial charge in [0.25, 0.3) is 0 Å². The Kier molecular flexibility index (Phi) is 16.2. The van der Waals surface area contributed by atoms with Crippen molar-refractivity contribution >= 4 is 17.6 Å². The lowest BCUT2D eigenvalue weighted by Crippen LogP contribution is -2.43. The van der Waals surface area contributed by atoms with Crippen LogP contribution in [0.15, 0.2) is 48.5 Å². The average Bonchev–Trinajstić information content (AvgIpc) is 2.92. The summed E-state index contributed by atoms with van der Waals surface area (Å²) in [6, 6.07) is 12.7. The van der Waals surface area contributed by atoms with Crippen LogP contribution in [-0.2, 0) is 4.79 Å². The van der Waals surface area contributed by atoms with Crippen molar-refractivity contribution in [2.45, 2.75) is 110 Å². The second-order valence-electron chi connectivity index (χ2n) is 9.95. The number of amides is 3. The molecule has 7 nitrogen and oxygen atoms in total. The molecule has 210 valence electrons. The monoisotopic (exact) mass is 525 g/mol. The number of phenolic OH excluding ortho intramolecular Hbond substituents is 1. The molecule has 2 aromatic rings. The minimum Gasteiger partial charge on any atom is -0.508 e. The molecule has 0 saturated heterocycles. The second-order valence-corrected chi connectivity index (χ2v) is 9.95. The molecule has 0 saturated carbocycles. The van der Waals surface area contributed by atoms with Crippen LogP contribution in [0.5, 0.6) is 17.2 Å². The van der Waals surface area contributed by atoms with E-state index in [2.05, 4.69) is 23.1 Å². The van der Waals surface area contributed by atoms with Crippen molar-refractivity contribution in [3.8, 4) is 17.2 Å². The molecule has 0 aromatic heterocycles. The third-order valence-corrected chi connectivity index (χ3v) is 6.51. The van der Waals surface area contributed by atoms with E-state index in [0.29, 0.717) is 23.6 Å². The molecule has 4 N–H and O–H groups in total. The van der Waals surface area contributed by atoms with Crippen LogP contribution >= 0.6 is 0 Å². The second kappa shape index (κ2) is 19.8. The molecular formula is C31H47N3O4. The average molecular weight is 526 g/mol. The van der Waals surface area contributed by atoms with Crippen LogP contribution in [0.3, 0.4) is 0 Å². The first kappa shape index (κ1) is 31.0. The summed E-state index contributed by atoms with van der Waals surface area (Å²) < 4.78 is 5.68. The molecule has 0 atom stereocenters. The number of urea groups is 1. The lowest BCUT2D eigenvalue weighted by molar-refractivity contribution is -0.121. The predicted octanol–water partition coefficient (Wildman–Crippen LogP) is 8.60. The molecule has 2 aromatic carbocycles. The van der Waals surface area contributed by atoms with E-state index in [0.717, 1.165) is 19.3 Å². The minimum absolute atomic E-state index is 0.171. The standard InChI is InChI=1S/C31H47N3O4/c1-2-3-4-5-6-7-8-9-10-11-12-13-14-15-16-17-30(36)33-34-31(37)32-26-18-22-28(23-19-26)38-29-24-20-27(35)21-25-29/h18-25,35H,2-17H2,1H3,(H,33,36)(H2,32,34,37).